The van der Waals surface area contributed by atoms with E-state index in [4.69, 9.17) is 29.2 Å². The predicted octanol–water partition coefficient (Wildman–Crippen LogP) is 3.20. The minimum atomic E-state index is -1.01. The van der Waals surface area contributed by atoms with Crippen LogP contribution in [0.15, 0.2) is 17.3 Å². The Labute approximate surface area is 210 Å². The van der Waals surface area contributed by atoms with Crippen molar-refractivity contribution in [3.05, 3.63) is 22.6 Å². The van der Waals surface area contributed by atoms with Gasteiger partial charge in [0.2, 0.25) is 5.91 Å². The van der Waals surface area contributed by atoms with Crippen LogP contribution in [0.4, 0.5) is 0 Å². The van der Waals surface area contributed by atoms with Crippen LogP contribution in [0.1, 0.15) is 47.5 Å². The zero-order valence-electron chi connectivity index (χ0n) is 22.3. The fourth-order valence-electron chi connectivity index (χ4n) is 2.66. The van der Waals surface area contributed by atoms with Crippen LogP contribution < -0.4 is 10.6 Å². The van der Waals surface area contributed by atoms with E-state index in [1.807, 2.05) is 12.2 Å². The number of azide groups is 1. The van der Waals surface area contributed by atoms with Gasteiger partial charge < -0.3 is 34.3 Å². The van der Waals surface area contributed by atoms with Gasteiger partial charge in [-0.2, -0.15) is 0 Å². The van der Waals surface area contributed by atoms with Gasteiger partial charge in [0.05, 0.1) is 52.9 Å². The molecule has 0 bridgehead atoms. The van der Waals surface area contributed by atoms with E-state index in [1.165, 1.54) is 0 Å². The van der Waals surface area contributed by atoms with Crippen LogP contribution in [0.3, 0.4) is 0 Å². The topological polar surface area (TPSA) is 136 Å². The molecule has 0 unspecified atom stereocenters. The third kappa shape index (κ3) is 23.8. The molecule has 0 fully saturated rings. The standard InChI is InChI=1S/C24H47N5O6/c1-21(2)7-6-10-27-23(30)8-12-31-15-18-34-19-20-35-24(5,28-29-25)9-13-32-16-17-33-14-11-26-22(3)4/h6-7,21-22,26H,8-20H2,1-5H3,(H,27,30)/b7-6+/t24-/m1/s1. The lowest BCUT2D eigenvalue weighted by atomic mass is 10.2. The lowest BCUT2D eigenvalue weighted by molar-refractivity contribution is -0.122. The Bertz CT molecular complexity index is 599. The number of allylic oxidation sites excluding steroid dienone is 1. The first kappa shape index (κ1) is 33.3. The van der Waals surface area contributed by atoms with Crippen molar-refractivity contribution in [1.29, 1.82) is 0 Å². The summed E-state index contributed by atoms with van der Waals surface area (Å²) in [5.41, 5.74) is 7.83. The van der Waals surface area contributed by atoms with Crippen molar-refractivity contribution in [2.75, 3.05) is 72.6 Å². The second-order valence-corrected chi connectivity index (χ2v) is 8.75. The number of rotatable bonds is 24. The molecule has 0 aliphatic rings. The molecule has 204 valence electrons. The number of nitrogens with one attached hydrogen (secondary N) is 2. The predicted molar refractivity (Wildman–Crippen MR) is 136 cm³/mol. The molecule has 11 nitrogen and oxygen atoms in total. The summed E-state index contributed by atoms with van der Waals surface area (Å²) >= 11 is 0. The fourth-order valence-corrected chi connectivity index (χ4v) is 2.66. The average Bonchev–Trinajstić information content (AvgIpc) is 2.79. The number of amides is 1. The first-order chi connectivity index (χ1) is 16.8. The maximum absolute atomic E-state index is 11.7. The van der Waals surface area contributed by atoms with Crippen molar-refractivity contribution < 1.29 is 28.5 Å². The molecule has 0 heterocycles. The minimum absolute atomic E-state index is 0.0412. The smallest absolute Gasteiger partial charge is 0.222 e. The molecule has 0 radical (unpaired) electrons. The van der Waals surface area contributed by atoms with Gasteiger partial charge >= 0.3 is 0 Å². The molecule has 0 saturated heterocycles. The van der Waals surface area contributed by atoms with E-state index in [1.54, 1.807) is 6.92 Å². The monoisotopic (exact) mass is 501 g/mol. The Hall–Kier alpha value is -1.72. The van der Waals surface area contributed by atoms with Crippen LogP contribution in [0, 0.1) is 5.92 Å². The van der Waals surface area contributed by atoms with Crippen LogP contribution in [-0.2, 0) is 28.5 Å². The van der Waals surface area contributed by atoms with Gasteiger partial charge in [-0.25, -0.2) is 0 Å². The summed E-state index contributed by atoms with van der Waals surface area (Å²) < 4.78 is 27.6. The van der Waals surface area contributed by atoms with Crippen LogP contribution in [0.25, 0.3) is 10.4 Å². The second-order valence-electron chi connectivity index (χ2n) is 8.75. The van der Waals surface area contributed by atoms with E-state index in [2.05, 4.69) is 48.4 Å². The molecule has 0 aromatic rings. The fraction of sp³-hybridized carbons (Fsp3) is 0.875. The van der Waals surface area contributed by atoms with Gasteiger partial charge in [0, 0.05) is 43.5 Å². The van der Waals surface area contributed by atoms with Gasteiger partial charge in [-0.1, -0.05) is 45.0 Å². The normalized spacial score (nSPS) is 13.3. The highest BCUT2D eigenvalue weighted by Crippen LogP contribution is 2.17. The maximum Gasteiger partial charge on any atom is 0.222 e. The van der Waals surface area contributed by atoms with Crippen LogP contribution in [0.2, 0.25) is 0 Å². The third-order valence-electron chi connectivity index (χ3n) is 4.56. The summed E-state index contributed by atoms with van der Waals surface area (Å²) in [5, 5.41) is 9.84. The Balaban J connectivity index is 3.72. The van der Waals surface area contributed by atoms with Crippen molar-refractivity contribution in [1.82, 2.24) is 10.6 Å². The highest BCUT2D eigenvalue weighted by molar-refractivity contribution is 5.76. The minimum Gasteiger partial charge on any atom is -0.379 e. The number of ether oxygens (including phenoxy) is 5. The Morgan fingerprint density at radius 2 is 1.54 bits per heavy atom. The molecular formula is C24H47N5O6. The molecular weight excluding hydrogens is 454 g/mol. The highest BCUT2D eigenvalue weighted by Gasteiger charge is 2.23. The van der Waals surface area contributed by atoms with Crippen LogP contribution in [-0.4, -0.2) is 90.2 Å². The molecule has 0 aliphatic heterocycles. The summed E-state index contributed by atoms with van der Waals surface area (Å²) in [5.74, 6) is 0.431. The molecule has 1 amide bonds. The van der Waals surface area contributed by atoms with E-state index in [0.29, 0.717) is 84.2 Å². The highest BCUT2D eigenvalue weighted by atomic mass is 16.6. The van der Waals surface area contributed by atoms with Gasteiger partial charge in [0.25, 0.3) is 0 Å². The Morgan fingerprint density at radius 1 is 0.943 bits per heavy atom. The molecule has 35 heavy (non-hydrogen) atoms. The summed E-state index contributed by atoms with van der Waals surface area (Å²) in [7, 11) is 0. The quantitative estimate of drug-likeness (QED) is 0.0681. The molecule has 11 heteroatoms. The average molecular weight is 502 g/mol. The molecule has 0 rings (SSSR count). The SMILES string of the molecule is CC(C)/C=C/CNC(=O)CCOCCOCCO[C@](C)(CCOCCOCCNC(C)C)N=[N+]=[N-]. The maximum atomic E-state index is 11.7. The van der Waals surface area contributed by atoms with E-state index in [9.17, 15) is 4.79 Å². The summed E-state index contributed by atoms with van der Waals surface area (Å²) in [6, 6.07) is 0.443. The van der Waals surface area contributed by atoms with Crippen molar-refractivity contribution in [2.24, 2.45) is 11.0 Å². The largest absolute Gasteiger partial charge is 0.379 e. The van der Waals surface area contributed by atoms with E-state index < -0.39 is 5.72 Å². The summed E-state index contributed by atoms with van der Waals surface area (Å²) in [6.45, 7) is 15.1. The first-order valence-electron chi connectivity index (χ1n) is 12.5. The van der Waals surface area contributed by atoms with Crippen molar-refractivity contribution in [2.45, 2.75) is 59.2 Å². The van der Waals surface area contributed by atoms with Crippen molar-refractivity contribution in [3.63, 3.8) is 0 Å². The molecule has 0 aromatic carbocycles. The van der Waals surface area contributed by atoms with E-state index >= 15 is 0 Å². The van der Waals surface area contributed by atoms with Crippen molar-refractivity contribution in [3.8, 4) is 0 Å². The second kappa shape index (κ2) is 22.7. The van der Waals surface area contributed by atoms with Crippen molar-refractivity contribution >= 4 is 5.91 Å². The zero-order chi connectivity index (χ0) is 26.2. The van der Waals surface area contributed by atoms with Gasteiger partial charge in [0.1, 0.15) is 5.72 Å². The molecule has 0 aromatic heterocycles. The molecule has 0 spiro atoms. The van der Waals surface area contributed by atoms with Gasteiger partial charge in [0.15, 0.2) is 0 Å². The molecule has 0 aliphatic carbocycles. The Morgan fingerprint density at radius 3 is 2.17 bits per heavy atom. The first-order valence-corrected chi connectivity index (χ1v) is 12.5. The van der Waals surface area contributed by atoms with Gasteiger partial charge in [-0.15, -0.1) is 0 Å². The number of nitrogens with zero attached hydrogens (tertiary/aromatic N) is 3. The lowest BCUT2D eigenvalue weighted by Gasteiger charge is -2.24. The number of hydrogen-bond acceptors (Lipinski definition) is 8. The number of carbonyl (C=O) groups is 1. The van der Waals surface area contributed by atoms with E-state index in [-0.39, 0.29) is 12.5 Å². The van der Waals surface area contributed by atoms with Crippen LogP contribution >= 0.6 is 0 Å². The molecule has 0 saturated carbocycles. The number of hydrogen-bond donors (Lipinski definition) is 2. The van der Waals surface area contributed by atoms with Crippen LogP contribution in [0.5, 0.6) is 0 Å². The molecule has 1 atom stereocenters. The summed E-state index contributed by atoms with van der Waals surface area (Å²) in [6.07, 6.45) is 4.73. The van der Waals surface area contributed by atoms with E-state index in [0.717, 1.165) is 6.54 Å². The molecule has 2 N–H and O–H groups in total. The third-order valence-corrected chi connectivity index (χ3v) is 4.56. The number of carbonyl (C=O) groups excluding carboxylic acids is 1. The van der Waals surface area contributed by atoms with Gasteiger partial charge in [-0.05, 0) is 18.4 Å². The summed E-state index contributed by atoms with van der Waals surface area (Å²) in [4.78, 5) is 14.5. The Kier molecular flexibility index (Phi) is 21.6. The van der Waals surface area contributed by atoms with Gasteiger partial charge in [-0.3, -0.25) is 4.79 Å². The zero-order valence-corrected chi connectivity index (χ0v) is 22.3. The lowest BCUT2D eigenvalue weighted by Crippen LogP contribution is -2.30.